The zero-order valence-corrected chi connectivity index (χ0v) is 20.2. The molecule has 0 unspecified atom stereocenters. The van der Waals surface area contributed by atoms with Crippen molar-refractivity contribution < 1.29 is 34.0 Å². The van der Waals surface area contributed by atoms with Gasteiger partial charge in [0.2, 0.25) is 0 Å². The van der Waals surface area contributed by atoms with E-state index in [-0.39, 0.29) is 31.6 Å². The van der Waals surface area contributed by atoms with Gasteiger partial charge in [-0.25, -0.2) is 4.79 Å². The Hall–Kier alpha value is -2.30. The Kier molecular flexibility index (Phi) is 5.24. The van der Waals surface area contributed by atoms with Crippen LogP contribution in [0.4, 0.5) is 0 Å². The highest BCUT2D eigenvalue weighted by atomic mass is 16.6. The van der Waals surface area contributed by atoms with Gasteiger partial charge in [-0.05, 0) is 49.7 Å². The van der Waals surface area contributed by atoms with Crippen molar-refractivity contribution >= 4 is 11.9 Å². The molecule has 7 nitrogen and oxygen atoms in total. The molecule has 2 aliphatic carbocycles. The van der Waals surface area contributed by atoms with Crippen molar-refractivity contribution in [2.45, 2.75) is 83.5 Å². The summed E-state index contributed by atoms with van der Waals surface area (Å²) < 4.78 is 17.9. The topological polar surface area (TPSA) is 102 Å². The first-order valence-corrected chi connectivity index (χ1v) is 12.3. The summed E-state index contributed by atoms with van der Waals surface area (Å²) in [6, 6.07) is 0. The van der Waals surface area contributed by atoms with Crippen molar-refractivity contribution in [1.29, 1.82) is 0 Å². The van der Waals surface area contributed by atoms with Crippen LogP contribution in [0.25, 0.3) is 0 Å². The first kappa shape index (κ1) is 23.4. The first-order valence-electron chi connectivity index (χ1n) is 12.3. The second kappa shape index (κ2) is 7.60. The van der Waals surface area contributed by atoms with Gasteiger partial charge in [-0.2, -0.15) is 0 Å². The normalized spacial score (nSPS) is 44.1. The molecule has 0 aromatic carbocycles. The number of rotatable bonds is 4. The predicted octanol–water partition coefficient (Wildman–Crippen LogP) is 2.80. The highest BCUT2D eigenvalue weighted by Crippen LogP contribution is 2.76. The highest BCUT2D eigenvalue weighted by Gasteiger charge is 2.83. The minimum Gasteiger partial charge on any atom is -0.493 e. The van der Waals surface area contributed by atoms with E-state index in [1.807, 2.05) is 13.0 Å². The molecule has 2 N–H and O–H groups in total. The van der Waals surface area contributed by atoms with Crippen LogP contribution in [0.2, 0.25) is 0 Å². The number of carbonyl (C=O) groups is 2. The van der Waals surface area contributed by atoms with E-state index >= 15 is 0 Å². The molecule has 184 valence electrons. The van der Waals surface area contributed by atoms with E-state index in [1.54, 1.807) is 6.26 Å². The summed E-state index contributed by atoms with van der Waals surface area (Å²) >= 11 is 0. The number of esters is 2. The van der Waals surface area contributed by atoms with Crippen molar-refractivity contribution in [3.63, 3.8) is 0 Å². The average Bonchev–Trinajstić information content (AvgIpc) is 3.23. The number of aliphatic hydroxyl groups excluding tert-OH is 2. The molecule has 0 aromatic rings. The van der Waals surface area contributed by atoms with Gasteiger partial charge in [0.1, 0.15) is 18.3 Å². The van der Waals surface area contributed by atoms with E-state index in [4.69, 9.17) is 14.2 Å². The van der Waals surface area contributed by atoms with Crippen LogP contribution >= 0.6 is 0 Å². The Morgan fingerprint density at radius 2 is 2.03 bits per heavy atom. The van der Waals surface area contributed by atoms with Gasteiger partial charge in [0.25, 0.3) is 0 Å². The molecule has 0 radical (unpaired) electrons. The second-order valence-corrected chi connectivity index (χ2v) is 11.4. The van der Waals surface area contributed by atoms with Crippen molar-refractivity contribution in [3.8, 4) is 11.8 Å². The van der Waals surface area contributed by atoms with Crippen LogP contribution in [-0.2, 0) is 23.8 Å². The summed E-state index contributed by atoms with van der Waals surface area (Å²) in [5.41, 5.74) is -3.47. The molecule has 0 spiro atoms. The smallest absolute Gasteiger partial charge is 0.331 e. The molecular weight excluding hydrogens is 436 g/mol. The standard InChI is InChI=1S/C27H34O7/c1-23(2)10-8-19(29)26(17-28)25(23)12-13-33-27(26,11-7-18-14-22(31)32-16-18)24(3)9-5-4-6-21(30)34-20(25)15-24/h12-14,19-20,28-29H,4,6-8,10-11,15-17H2,1-3H3/t19-,20+,24-,25-,26-,27+/m0/s1. The van der Waals surface area contributed by atoms with Crippen LogP contribution in [0.1, 0.15) is 65.7 Å². The highest BCUT2D eigenvalue weighted by molar-refractivity contribution is 5.85. The third kappa shape index (κ3) is 2.73. The maximum Gasteiger partial charge on any atom is 0.331 e. The lowest BCUT2D eigenvalue weighted by Crippen LogP contribution is -2.82. The molecule has 2 saturated carbocycles. The lowest BCUT2D eigenvalue weighted by Gasteiger charge is -2.75. The van der Waals surface area contributed by atoms with Crippen LogP contribution in [-0.4, -0.2) is 53.2 Å². The van der Waals surface area contributed by atoms with Crippen LogP contribution in [0.5, 0.6) is 0 Å². The SMILES string of the molecule is CC1(C)CC[C@H](O)[C@]2(CO)[C@]3(CCC4=CC(=O)OC4)OC=C[C@]12[C@H]1C[C@]3(C)C#CCCC(=O)O1. The van der Waals surface area contributed by atoms with Gasteiger partial charge in [-0.3, -0.25) is 4.79 Å². The third-order valence-corrected chi connectivity index (χ3v) is 9.64. The lowest BCUT2D eigenvalue weighted by atomic mass is 9.31. The maximum absolute atomic E-state index is 12.8. The molecular formula is C27H34O7. The summed E-state index contributed by atoms with van der Waals surface area (Å²) in [7, 11) is 0. The molecule has 5 aliphatic rings. The van der Waals surface area contributed by atoms with Gasteiger partial charge in [0.05, 0.1) is 36.2 Å². The van der Waals surface area contributed by atoms with E-state index in [2.05, 4.69) is 25.7 Å². The monoisotopic (exact) mass is 470 g/mol. The van der Waals surface area contributed by atoms with Crippen molar-refractivity contribution in [1.82, 2.24) is 0 Å². The van der Waals surface area contributed by atoms with Crippen molar-refractivity contribution in [2.75, 3.05) is 13.2 Å². The molecule has 5 rings (SSSR count). The number of ether oxygens (including phenoxy) is 3. The first-order chi connectivity index (χ1) is 16.1. The number of cyclic esters (lactones) is 1. The van der Waals surface area contributed by atoms with Gasteiger partial charge in [0, 0.05) is 24.3 Å². The number of hydrogen-bond donors (Lipinski definition) is 2. The molecule has 3 heterocycles. The van der Waals surface area contributed by atoms with Gasteiger partial charge in [-0.1, -0.05) is 19.8 Å². The molecule has 0 saturated heterocycles. The minimum absolute atomic E-state index is 0.203. The maximum atomic E-state index is 12.8. The average molecular weight is 471 g/mol. The van der Waals surface area contributed by atoms with Gasteiger partial charge in [0.15, 0.2) is 0 Å². The zero-order valence-electron chi connectivity index (χ0n) is 20.2. The van der Waals surface area contributed by atoms with Crippen LogP contribution < -0.4 is 0 Å². The van der Waals surface area contributed by atoms with E-state index in [0.717, 1.165) is 5.57 Å². The minimum atomic E-state index is -1.17. The Bertz CT molecular complexity index is 1030. The Labute approximate surface area is 200 Å². The quantitative estimate of drug-likeness (QED) is 0.481. The van der Waals surface area contributed by atoms with Gasteiger partial charge >= 0.3 is 11.9 Å². The Morgan fingerprint density at radius 1 is 1.24 bits per heavy atom. The van der Waals surface area contributed by atoms with Crippen LogP contribution in [0.15, 0.2) is 24.0 Å². The molecule has 34 heavy (non-hydrogen) atoms. The molecule has 4 bridgehead atoms. The molecule has 7 heteroatoms. The third-order valence-electron chi connectivity index (χ3n) is 9.64. The molecule has 0 amide bonds. The van der Waals surface area contributed by atoms with Crippen molar-refractivity contribution in [3.05, 3.63) is 24.0 Å². The van der Waals surface area contributed by atoms with Gasteiger partial charge < -0.3 is 24.4 Å². The van der Waals surface area contributed by atoms with Crippen LogP contribution in [0.3, 0.4) is 0 Å². The largest absolute Gasteiger partial charge is 0.493 e. The zero-order chi connectivity index (χ0) is 24.4. The molecule has 3 aliphatic heterocycles. The fraction of sp³-hybridized carbons (Fsp3) is 0.704. The van der Waals surface area contributed by atoms with E-state index < -0.39 is 39.5 Å². The summed E-state index contributed by atoms with van der Waals surface area (Å²) in [4.78, 5) is 24.5. The number of hydrogen-bond acceptors (Lipinski definition) is 7. The fourth-order valence-electron chi connectivity index (χ4n) is 8.06. The Balaban J connectivity index is 1.77. The molecule has 0 aromatic heterocycles. The van der Waals surface area contributed by atoms with Crippen molar-refractivity contribution in [2.24, 2.45) is 21.7 Å². The number of aliphatic hydroxyl groups is 2. The van der Waals surface area contributed by atoms with E-state index in [9.17, 15) is 19.8 Å². The van der Waals surface area contributed by atoms with E-state index in [0.29, 0.717) is 38.5 Å². The van der Waals surface area contributed by atoms with E-state index in [1.165, 1.54) is 6.08 Å². The lowest BCUT2D eigenvalue weighted by molar-refractivity contribution is -0.351. The fourth-order valence-corrected chi connectivity index (χ4v) is 8.06. The second-order valence-electron chi connectivity index (χ2n) is 11.4. The van der Waals surface area contributed by atoms with Crippen LogP contribution in [0, 0.1) is 33.5 Å². The molecule has 6 atom stereocenters. The summed E-state index contributed by atoms with van der Waals surface area (Å²) in [6.07, 6.45) is 6.81. The Morgan fingerprint density at radius 3 is 2.74 bits per heavy atom. The predicted molar refractivity (Wildman–Crippen MR) is 122 cm³/mol. The summed E-state index contributed by atoms with van der Waals surface area (Å²) in [5, 5.41) is 23.1. The van der Waals surface area contributed by atoms with Gasteiger partial charge in [-0.15, -0.1) is 5.92 Å². The number of carbonyl (C=O) groups excluding carboxylic acids is 2. The number of fused-ring (bicyclic) bond motifs is 3. The summed E-state index contributed by atoms with van der Waals surface area (Å²) in [6.45, 7) is 6.15. The molecule has 2 fully saturated rings. The summed E-state index contributed by atoms with van der Waals surface area (Å²) in [5.74, 6) is 5.94.